The number of benzene rings is 2. The maximum atomic E-state index is 12.5. The Labute approximate surface area is 160 Å². The van der Waals surface area contributed by atoms with Crippen LogP contribution < -0.4 is 19.5 Å². The maximum Gasteiger partial charge on any atom is 0.237 e. The van der Waals surface area contributed by atoms with Crippen molar-refractivity contribution in [2.24, 2.45) is 0 Å². The van der Waals surface area contributed by atoms with Gasteiger partial charge in [0.1, 0.15) is 0 Å². The zero-order valence-corrected chi connectivity index (χ0v) is 16.0. The van der Waals surface area contributed by atoms with Crippen LogP contribution in [0.3, 0.4) is 0 Å². The first-order valence-corrected chi connectivity index (χ1v) is 9.01. The van der Waals surface area contributed by atoms with Gasteiger partial charge in [-0.1, -0.05) is 36.4 Å². The Balaban J connectivity index is 1.87. The number of rotatable bonds is 7. The van der Waals surface area contributed by atoms with E-state index in [2.05, 4.69) is 22.3 Å². The number of nitrogens with one attached hydrogen (secondary N) is 1. The molecule has 0 bridgehead atoms. The molecule has 0 spiro atoms. The van der Waals surface area contributed by atoms with Crippen LogP contribution >= 0.6 is 0 Å². The van der Waals surface area contributed by atoms with Crippen LogP contribution in [0.4, 0.5) is 0 Å². The summed E-state index contributed by atoms with van der Waals surface area (Å²) in [7, 11) is 4.81. The summed E-state index contributed by atoms with van der Waals surface area (Å²) in [4.78, 5) is 14.7. The van der Waals surface area contributed by atoms with E-state index in [1.807, 2.05) is 30.3 Å². The fourth-order valence-electron chi connectivity index (χ4n) is 3.52. The fourth-order valence-corrected chi connectivity index (χ4v) is 3.52. The lowest BCUT2D eigenvalue weighted by molar-refractivity contribution is -0.129. The van der Waals surface area contributed by atoms with E-state index in [0.717, 1.165) is 17.7 Å². The number of ether oxygens (including phenoxy) is 3. The smallest absolute Gasteiger partial charge is 0.237 e. The number of amides is 1. The number of hydrogen-bond donors (Lipinski definition) is 1. The van der Waals surface area contributed by atoms with Crippen LogP contribution in [0.2, 0.25) is 0 Å². The SMILES string of the molecule is COc1ccc(CN2CCNC(=O)[C@@H]2Cc2ccccc2)c(OC)c1OC. The topological polar surface area (TPSA) is 60.0 Å². The highest BCUT2D eigenvalue weighted by Gasteiger charge is 2.31. The minimum Gasteiger partial charge on any atom is -0.493 e. The molecule has 1 amide bonds. The lowest BCUT2D eigenvalue weighted by atomic mass is 10.0. The van der Waals surface area contributed by atoms with Crippen molar-refractivity contribution in [1.29, 1.82) is 0 Å². The van der Waals surface area contributed by atoms with Gasteiger partial charge in [0, 0.05) is 25.2 Å². The summed E-state index contributed by atoms with van der Waals surface area (Å²) in [5, 5.41) is 2.98. The Bertz CT molecular complexity index is 779. The van der Waals surface area contributed by atoms with Crippen molar-refractivity contribution in [3.63, 3.8) is 0 Å². The van der Waals surface area contributed by atoms with Gasteiger partial charge >= 0.3 is 0 Å². The highest BCUT2D eigenvalue weighted by Crippen LogP contribution is 2.40. The summed E-state index contributed by atoms with van der Waals surface area (Å²) in [5.41, 5.74) is 2.10. The molecule has 1 saturated heterocycles. The fraction of sp³-hybridized carbons (Fsp3) is 0.381. The quantitative estimate of drug-likeness (QED) is 0.810. The molecule has 2 aromatic rings. The Hall–Kier alpha value is -2.73. The maximum absolute atomic E-state index is 12.5. The van der Waals surface area contributed by atoms with Crippen LogP contribution in [0.5, 0.6) is 17.2 Å². The Morgan fingerprint density at radius 3 is 2.41 bits per heavy atom. The van der Waals surface area contributed by atoms with Crippen molar-refractivity contribution in [2.45, 2.75) is 19.0 Å². The van der Waals surface area contributed by atoms with Gasteiger partial charge in [-0.15, -0.1) is 0 Å². The molecule has 6 heteroatoms. The molecule has 1 atom stereocenters. The van der Waals surface area contributed by atoms with E-state index < -0.39 is 0 Å². The zero-order chi connectivity index (χ0) is 19.2. The van der Waals surface area contributed by atoms with Crippen molar-refractivity contribution in [3.05, 3.63) is 53.6 Å². The highest BCUT2D eigenvalue weighted by molar-refractivity contribution is 5.82. The molecule has 0 aliphatic carbocycles. The molecular weight excluding hydrogens is 344 g/mol. The van der Waals surface area contributed by atoms with Crippen molar-refractivity contribution in [1.82, 2.24) is 10.2 Å². The number of carbonyl (C=O) groups excluding carboxylic acids is 1. The predicted molar refractivity (Wildman–Crippen MR) is 103 cm³/mol. The van der Waals surface area contributed by atoms with E-state index in [9.17, 15) is 4.79 Å². The highest BCUT2D eigenvalue weighted by atomic mass is 16.5. The third kappa shape index (κ3) is 4.17. The van der Waals surface area contributed by atoms with Gasteiger partial charge in [0.2, 0.25) is 11.7 Å². The van der Waals surface area contributed by atoms with Crippen molar-refractivity contribution in [2.75, 3.05) is 34.4 Å². The van der Waals surface area contributed by atoms with Crippen molar-refractivity contribution >= 4 is 5.91 Å². The molecule has 1 fully saturated rings. The first-order valence-electron chi connectivity index (χ1n) is 9.01. The van der Waals surface area contributed by atoms with Crippen LogP contribution in [0.15, 0.2) is 42.5 Å². The lowest BCUT2D eigenvalue weighted by Gasteiger charge is -2.35. The van der Waals surface area contributed by atoms with Crippen LogP contribution in [0.25, 0.3) is 0 Å². The molecule has 27 heavy (non-hydrogen) atoms. The van der Waals surface area contributed by atoms with E-state index in [1.54, 1.807) is 21.3 Å². The number of piperazine rings is 1. The molecule has 0 aromatic heterocycles. The molecule has 144 valence electrons. The van der Waals surface area contributed by atoms with Crippen molar-refractivity contribution in [3.8, 4) is 17.2 Å². The molecule has 6 nitrogen and oxygen atoms in total. The largest absolute Gasteiger partial charge is 0.493 e. The summed E-state index contributed by atoms with van der Waals surface area (Å²) >= 11 is 0. The number of hydrogen-bond acceptors (Lipinski definition) is 5. The average Bonchev–Trinajstić information content (AvgIpc) is 2.70. The Morgan fingerprint density at radius 2 is 1.74 bits per heavy atom. The standard InChI is InChI=1S/C21H26N2O4/c1-25-18-10-9-16(19(26-2)20(18)27-3)14-23-12-11-22-21(24)17(23)13-15-7-5-4-6-8-15/h4-10,17H,11-14H2,1-3H3,(H,22,24)/t17-/m0/s1. The van der Waals surface area contributed by atoms with Gasteiger partial charge in [0.15, 0.2) is 11.5 Å². The summed E-state index contributed by atoms with van der Waals surface area (Å²) in [6.45, 7) is 2.01. The summed E-state index contributed by atoms with van der Waals surface area (Å²) in [5.74, 6) is 1.89. The zero-order valence-electron chi connectivity index (χ0n) is 16.0. The summed E-state index contributed by atoms with van der Waals surface area (Å²) in [6, 6.07) is 13.7. The monoisotopic (exact) mass is 370 g/mol. The summed E-state index contributed by atoms with van der Waals surface area (Å²) in [6.07, 6.45) is 0.669. The molecule has 0 saturated carbocycles. The molecule has 2 aromatic carbocycles. The molecule has 0 radical (unpaired) electrons. The lowest BCUT2D eigenvalue weighted by Crippen LogP contribution is -2.55. The third-order valence-corrected chi connectivity index (χ3v) is 4.87. The first-order chi connectivity index (χ1) is 13.2. The van der Waals surface area contributed by atoms with Crippen LogP contribution in [-0.4, -0.2) is 51.3 Å². The predicted octanol–water partition coefficient (Wildman–Crippen LogP) is 2.26. The van der Waals surface area contributed by atoms with Gasteiger partial charge in [0.25, 0.3) is 0 Å². The second-order valence-electron chi connectivity index (χ2n) is 6.46. The molecule has 1 aliphatic rings. The van der Waals surface area contributed by atoms with Gasteiger partial charge in [-0.3, -0.25) is 9.69 Å². The van der Waals surface area contributed by atoms with Gasteiger partial charge in [-0.2, -0.15) is 0 Å². The van der Waals surface area contributed by atoms with E-state index in [0.29, 0.717) is 36.8 Å². The number of nitrogens with zero attached hydrogens (tertiary/aromatic N) is 1. The van der Waals surface area contributed by atoms with E-state index in [4.69, 9.17) is 14.2 Å². The first kappa shape index (κ1) is 19.0. The second-order valence-corrected chi connectivity index (χ2v) is 6.46. The van der Waals surface area contributed by atoms with Gasteiger partial charge in [-0.05, 0) is 18.1 Å². The van der Waals surface area contributed by atoms with Crippen molar-refractivity contribution < 1.29 is 19.0 Å². The number of carbonyl (C=O) groups is 1. The molecular formula is C21H26N2O4. The molecule has 1 heterocycles. The molecule has 3 rings (SSSR count). The van der Waals surface area contributed by atoms with Crippen LogP contribution in [0, 0.1) is 0 Å². The molecule has 1 N–H and O–H groups in total. The van der Waals surface area contributed by atoms with E-state index >= 15 is 0 Å². The molecule has 0 unspecified atom stereocenters. The van der Waals surface area contributed by atoms with E-state index in [1.165, 1.54) is 0 Å². The minimum absolute atomic E-state index is 0.0598. The third-order valence-electron chi connectivity index (χ3n) is 4.87. The van der Waals surface area contributed by atoms with Crippen LogP contribution in [0.1, 0.15) is 11.1 Å². The van der Waals surface area contributed by atoms with Gasteiger partial charge < -0.3 is 19.5 Å². The number of methoxy groups -OCH3 is 3. The van der Waals surface area contributed by atoms with Gasteiger partial charge in [0.05, 0.1) is 27.4 Å². The molecule has 1 aliphatic heterocycles. The Morgan fingerprint density at radius 1 is 1.00 bits per heavy atom. The Kier molecular flexibility index (Phi) is 6.19. The van der Waals surface area contributed by atoms with Gasteiger partial charge in [-0.25, -0.2) is 0 Å². The van der Waals surface area contributed by atoms with Crippen LogP contribution in [-0.2, 0) is 17.8 Å². The average molecular weight is 370 g/mol. The summed E-state index contributed by atoms with van der Waals surface area (Å²) < 4.78 is 16.4. The normalized spacial score (nSPS) is 17.3. The van der Waals surface area contributed by atoms with E-state index in [-0.39, 0.29) is 11.9 Å². The second kappa shape index (κ2) is 8.77. The minimum atomic E-state index is -0.223.